The number of amides is 1. The number of carbonyl (C=O) groups excluding carboxylic acids is 1. The highest BCUT2D eigenvalue weighted by Crippen LogP contribution is 2.21. The number of rotatable bonds is 7. The van der Waals surface area contributed by atoms with Crippen LogP contribution >= 0.6 is 12.4 Å². The summed E-state index contributed by atoms with van der Waals surface area (Å²) in [5.74, 6) is -0.0513. The van der Waals surface area contributed by atoms with Crippen LogP contribution in [0.5, 0.6) is 0 Å². The summed E-state index contributed by atoms with van der Waals surface area (Å²) in [6.07, 6.45) is 3.92. The van der Waals surface area contributed by atoms with Crippen LogP contribution in [-0.2, 0) is 11.2 Å². The molecule has 1 rings (SSSR count). The molecule has 0 aromatic heterocycles. The van der Waals surface area contributed by atoms with Gasteiger partial charge in [-0.15, -0.1) is 12.4 Å². The topological polar surface area (TPSA) is 55.1 Å². The second-order valence-electron chi connectivity index (χ2n) is 6.61. The molecule has 21 heavy (non-hydrogen) atoms. The molecular formula is C17H29ClN2O. The van der Waals surface area contributed by atoms with Crippen molar-refractivity contribution in [2.75, 3.05) is 6.54 Å². The molecular weight excluding hydrogens is 284 g/mol. The largest absolute Gasteiger partial charge is 0.355 e. The summed E-state index contributed by atoms with van der Waals surface area (Å²) in [7, 11) is 0. The lowest BCUT2D eigenvalue weighted by Crippen LogP contribution is -2.42. The van der Waals surface area contributed by atoms with Crippen molar-refractivity contribution in [1.82, 2.24) is 5.32 Å². The zero-order valence-corrected chi connectivity index (χ0v) is 14.2. The SMILES string of the molecule is CC(C)(C)CCCCNC(=O)[C@@H](N)Cc1ccccc1.Cl. The fourth-order valence-corrected chi connectivity index (χ4v) is 2.08. The summed E-state index contributed by atoms with van der Waals surface area (Å²) in [5, 5.41) is 2.92. The standard InChI is InChI=1S/C17H28N2O.ClH/c1-17(2,3)11-7-8-12-19-16(20)15(18)13-14-9-5-4-6-10-14;/h4-6,9-10,15H,7-8,11-13,18H2,1-3H3,(H,19,20);1H/t15-;/m0./s1. The first-order chi connectivity index (χ1) is 9.38. The molecule has 3 N–H and O–H groups in total. The van der Waals surface area contributed by atoms with E-state index in [1.807, 2.05) is 30.3 Å². The van der Waals surface area contributed by atoms with Crippen LogP contribution < -0.4 is 11.1 Å². The third-order valence-electron chi connectivity index (χ3n) is 3.29. The number of hydrogen-bond acceptors (Lipinski definition) is 2. The van der Waals surface area contributed by atoms with Crippen LogP contribution in [0.1, 0.15) is 45.6 Å². The van der Waals surface area contributed by atoms with Gasteiger partial charge in [-0.1, -0.05) is 57.5 Å². The zero-order chi connectivity index (χ0) is 15.0. The summed E-state index contributed by atoms with van der Waals surface area (Å²) in [5.41, 5.74) is 7.39. The van der Waals surface area contributed by atoms with E-state index in [-0.39, 0.29) is 18.3 Å². The Bertz CT molecular complexity index is 401. The van der Waals surface area contributed by atoms with E-state index in [4.69, 9.17) is 5.73 Å². The van der Waals surface area contributed by atoms with Gasteiger partial charge in [-0.05, 0) is 30.2 Å². The highest BCUT2D eigenvalue weighted by molar-refractivity contribution is 5.85. The molecule has 0 aliphatic heterocycles. The van der Waals surface area contributed by atoms with Crippen molar-refractivity contribution >= 4 is 18.3 Å². The number of nitrogens with one attached hydrogen (secondary N) is 1. The van der Waals surface area contributed by atoms with Crippen molar-refractivity contribution in [3.8, 4) is 0 Å². The number of halogens is 1. The molecule has 0 bridgehead atoms. The Morgan fingerprint density at radius 2 is 1.81 bits per heavy atom. The molecule has 1 amide bonds. The quantitative estimate of drug-likeness (QED) is 0.759. The average Bonchev–Trinajstić information content (AvgIpc) is 2.38. The van der Waals surface area contributed by atoms with E-state index in [1.165, 1.54) is 6.42 Å². The predicted molar refractivity (Wildman–Crippen MR) is 91.7 cm³/mol. The third kappa shape index (κ3) is 9.48. The molecule has 0 heterocycles. The van der Waals surface area contributed by atoms with E-state index in [0.717, 1.165) is 24.9 Å². The van der Waals surface area contributed by atoms with Gasteiger partial charge in [-0.25, -0.2) is 0 Å². The minimum atomic E-state index is -0.458. The highest BCUT2D eigenvalue weighted by Gasteiger charge is 2.13. The van der Waals surface area contributed by atoms with E-state index < -0.39 is 6.04 Å². The third-order valence-corrected chi connectivity index (χ3v) is 3.29. The smallest absolute Gasteiger partial charge is 0.237 e. The van der Waals surface area contributed by atoms with Gasteiger partial charge < -0.3 is 11.1 Å². The van der Waals surface area contributed by atoms with Crippen molar-refractivity contribution in [1.29, 1.82) is 0 Å². The van der Waals surface area contributed by atoms with Crippen molar-refractivity contribution < 1.29 is 4.79 Å². The maximum atomic E-state index is 11.9. The molecule has 0 saturated heterocycles. The molecule has 0 spiro atoms. The molecule has 1 aromatic carbocycles. The summed E-state index contributed by atoms with van der Waals surface area (Å²) in [6, 6.07) is 9.43. The van der Waals surface area contributed by atoms with E-state index in [1.54, 1.807) is 0 Å². The van der Waals surface area contributed by atoms with Gasteiger partial charge in [-0.2, -0.15) is 0 Å². The van der Waals surface area contributed by atoms with Crippen molar-refractivity contribution in [3.63, 3.8) is 0 Å². The summed E-state index contributed by atoms with van der Waals surface area (Å²) < 4.78 is 0. The fourth-order valence-electron chi connectivity index (χ4n) is 2.08. The van der Waals surface area contributed by atoms with Crippen molar-refractivity contribution in [2.45, 2.75) is 52.5 Å². The molecule has 0 saturated carbocycles. The van der Waals surface area contributed by atoms with Crippen LogP contribution in [0.25, 0.3) is 0 Å². The normalized spacial score (nSPS) is 12.4. The average molecular weight is 313 g/mol. The Hall–Kier alpha value is -1.06. The summed E-state index contributed by atoms with van der Waals surface area (Å²) >= 11 is 0. The van der Waals surface area contributed by atoms with Crippen LogP contribution in [0, 0.1) is 5.41 Å². The Morgan fingerprint density at radius 1 is 1.19 bits per heavy atom. The van der Waals surface area contributed by atoms with Gasteiger partial charge in [0.1, 0.15) is 0 Å². The number of nitrogens with two attached hydrogens (primary N) is 1. The lowest BCUT2D eigenvalue weighted by Gasteiger charge is -2.18. The second kappa shape index (κ2) is 9.80. The summed E-state index contributed by atoms with van der Waals surface area (Å²) in [6.45, 7) is 7.43. The second-order valence-corrected chi connectivity index (χ2v) is 6.61. The highest BCUT2D eigenvalue weighted by atomic mass is 35.5. The van der Waals surface area contributed by atoms with Gasteiger partial charge in [0, 0.05) is 6.54 Å². The molecule has 0 fully saturated rings. The van der Waals surface area contributed by atoms with Gasteiger partial charge in [0.05, 0.1) is 6.04 Å². The van der Waals surface area contributed by atoms with Crippen molar-refractivity contribution in [2.24, 2.45) is 11.1 Å². The monoisotopic (exact) mass is 312 g/mol. The molecule has 0 aliphatic carbocycles. The minimum Gasteiger partial charge on any atom is -0.355 e. The number of carbonyl (C=O) groups is 1. The molecule has 0 radical (unpaired) electrons. The van der Waals surface area contributed by atoms with E-state index >= 15 is 0 Å². The molecule has 4 heteroatoms. The van der Waals surface area contributed by atoms with Gasteiger partial charge in [0.15, 0.2) is 0 Å². The fraction of sp³-hybridized carbons (Fsp3) is 0.588. The Morgan fingerprint density at radius 3 is 2.38 bits per heavy atom. The zero-order valence-electron chi connectivity index (χ0n) is 13.4. The van der Waals surface area contributed by atoms with Gasteiger partial charge >= 0.3 is 0 Å². The lowest BCUT2D eigenvalue weighted by atomic mass is 9.90. The molecule has 0 unspecified atom stereocenters. The van der Waals surface area contributed by atoms with Crippen LogP contribution in [0.3, 0.4) is 0 Å². The Labute approximate surface area is 135 Å². The van der Waals surface area contributed by atoms with Crippen molar-refractivity contribution in [3.05, 3.63) is 35.9 Å². The van der Waals surface area contributed by atoms with Gasteiger partial charge in [0.25, 0.3) is 0 Å². The number of benzene rings is 1. The maximum absolute atomic E-state index is 11.9. The van der Waals surface area contributed by atoms with Crippen LogP contribution in [0.4, 0.5) is 0 Å². The Balaban J connectivity index is 0.00000400. The molecule has 1 aromatic rings. The Kier molecular flexibility index (Phi) is 9.31. The number of hydrogen-bond donors (Lipinski definition) is 2. The van der Waals surface area contributed by atoms with E-state index in [0.29, 0.717) is 11.8 Å². The molecule has 0 aliphatic rings. The minimum absolute atomic E-state index is 0. The number of unbranched alkanes of at least 4 members (excludes halogenated alkanes) is 1. The first-order valence-electron chi connectivity index (χ1n) is 7.46. The lowest BCUT2D eigenvalue weighted by molar-refractivity contribution is -0.122. The van der Waals surface area contributed by atoms with Crippen LogP contribution in [-0.4, -0.2) is 18.5 Å². The first-order valence-corrected chi connectivity index (χ1v) is 7.46. The summed E-state index contributed by atoms with van der Waals surface area (Å²) in [4.78, 5) is 11.9. The molecule has 120 valence electrons. The maximum Gasteiger partial charge on any atom is 0.237 e. The first kappa shape index (κ1) is 19.9. The van der Waals surface area contributed by atoms with E-state index in [9.17, 15) is 4.79 Å². The molecule has 3 nitrogen and oxygen atoms in total. The predicted octanol–water partition coefficient (Wildman–Crippen LogP) is 3.31. The van der Waals surface area contributed by atoms with Gasteiger partial charge in [-0.3, -0.25) is 4.79 Å². The van der Waals surface area contributed by atoms with Crippen LogP contribution in [0.15, 0.2) is 30.3 Å². The van der Waals surface area contributed by atoms with Crippen LogP contribution in [0.2, 0.25) is 0 Å². The molecule has 1 atom stereocenters. The van der Waals surface area contributed by atoms with E-state index in [2.05, 4.69) is 26.1 Å². The van der Waals surface area contributed by atoms with Gasteiger partial charge in [0.2, 0.25) is 5.91 Å².